The third-order valence-corrected chi connectivity index (χ3v) is 3.60. The molecule has 4 heteroatoms. The molecule has 3 rings (SSSR count). The Morgan fingerprint density at radius 2 is 1.62 bits per heavy atom. The molecule has 2 aromatic carbocycles. The highest BCUT2D eigenvalue weighted by atomic mass is 16.6. The molecule has 0 amide bonds. The van der Waals surface area contributed by atoms with E-state index in [2.05, 4.69) is 0 Å². The number of aliphatic hydroxyl groups is 1. The van der Waals surface area contributed by atoms with E-state index in [-0.39, 0.29) is 12.5 Å². The van der Waals surface area contributed by atoms with E-state index >= 15 is 0 Å². The number of hydrogen-bond donors (Lipinski definition) is 1. The summed E-state index contributed by atoms with van der Waals surface area (Å²) < 4.78 is 11.0. The molecule has 1 aliphatic rings. The summed E-state index contributed by atoms with van der Waals surface area (Å²) in [5.41, 5.74) is 0.920. The molecular weight excluding hydrogens is 268 g/mol. The first kappa shape index (κ1) is 13.6. The van der Waals surface area contributed by atoms with Gasteiger partial charge in [0.25, 0.3) is 0 Å². The minimum atomic E-state index is -0.744. The summed E-state index contributed by atoms with van der Waals surface area (Å²) in [6.45, 7) is -0.222. The van der Waals surface area contributed by atoms with E-state index in [1.54, 1.807) is 12.1 Å². The van der Waals surface area contributed by atoms with Gasteiger partial charge in [-0.05, 0) is 17.7 Å². The molecule has 1 N–H and O–H groups in total. The number of carbonyl (C=O) groups is 1. The van der Waals surface area contributed by atoms with Crippen LogP contribution >= 0.6 is 0 Å². The van der Waals surface area contributed by atoms with E-state index in [9.17, 15) is 9.90 Å². The molecule has 0 bridgehead atoms. The largest absolute Gasteiger partial charge is 0.478 e. The fraction of sp³-hybridized carbons (Fsp3) is 0.235. The summed E-state index contributed by atoms with van der Waals surface area (Å²) in [7, 11) is 0. The first-order valence-electron chi connectivity index (χ1n) is 6.87. The van der Waals surface area contributed by atoms with Gasteiger partial charge in [-0.25, -0.2) is 4.79 Å². The molecule has 108 valence electrons. The van der Waals surface area contributed by atoms with Crippen molar-refractivity contribution < 1.29 is 19.4 Å². The van der Waals surface area contributed by atoms with Crippen molar-refractivity contribution in [3.63, 3.8) is 0 Å². The van der Waals surface area contributed by atoms with Gasteiger partial charge < -0.3 is 14.6 Å². The second-order valence-electron chi connectivity index (χ2n) is 4.95. The van der Waals surface area contributed by atoms with Crippen LogP contribution in [-0.2, 0) is 9.53 Å². The molecule has 1 fully saturated rings. The van der Waals surface area contributed by atoms with Crippen LogP contribution in [0.25, 0.3) is 0 Å². The summed E-state index contributed by atoms with van der Waals surface area (Å²) in [5.74, 6) is -0.144. The minimum absolute atomic E-state index is 0.222. The molecule has 1 saturated heterocycles. The van der Waals surface area contributed by atoms with Gasteiger partial charge in [-0.1, -0.05) is 48.5 Å². The Labute approximate surface area is 122 Å². The van der Waals surface area contributed by atoms with Crippen LogP contribution in [0.4, 0.5) is 0 Å². The Kier molecular flexibility index (Phi) is 3.88. The zero-order valence-corrected chi connectivity index (χ0v) is 11.4. The lowest BCUT2D eigenvalue weighted by Crippen LogP contribution is -2.30. The van der Waals surface area contributed by atoms with Crippen LogP contribution in [0, 0.1) is 0 Å². The molecular formula is C17H16O4. The van der Waals surface area contributed by atoms with Crippen molar-refractivity contribution in [3.05, 3.63) is 66.2 Å². The monoisotopic (exact) mass is 284 g/mol. The predicted molar refractivity (Wildman–Crippen MR) is 77.0 cm³/mol. The van der Waals surface area contributed by atoms with E-state index in [4.69, 9.17) is 9.47 Å². The van der Waals surface area contributed by atoms with E-state index in [0.717, 1.165) is 5.56 Å². The van der Waals surface area contributed by atoms with E-state index < -0.39 is 18.2 Å². The second kappa shape index (κ2) is 5.97. The first-order chi connectivity index (χ1) is 10.3. The van der Waals surface area contributed by atoms with Gasteiger partial charge in [-0.15, -0.1) is 0 Å². The summed E-state index contributed by atoms with van der Waals surface area (Å²) in [4.78, 5) is 12.1. The van der Waals surface area contributed by atoms with Gasteiger partial charge in [-0.2, -0.15) is 0 Å². The standard InChI is InChI=1S/C17H16O4/c18-11-14-15(12-7-3-1-4-8-12)16(17(19)21-14)20-13-9-5-2-6-10-13/h1-10,14-16,18H,11H2. The molecule has 1 heterocycles. The van der Waals surface area contributed by atoms with Crippen molar-refractivity contribution in [1.82, 2.24) is 0 Å². The predicted octanol–water partition coefficient (Wildman–Crippen LogP) is 2.14. The number of ether oxygens (including phenoxy) is 2. The summed E-state index contributed by atoms with van der Waals surface area (Å²) in [6, 6.07) is 18.7. The molecule has 2 aromatic rings. The van der Waals surface area contributed by atoms with Crippen LogP contribution in [0.2, 0.25) is 0 Å². The lowest BCUT2D eigenvalue weighted by Gasteiger charge is -2.20. The number of rotatable bonds is 4. The van der Waals surface area contributed by atoms with Crippen LogP contribution in [0.1, 0.15) is 11.5 Å². The summed E-state index contributed by atoms with van der Waals surface area (Å²) in [5, 5.41) is 9.47. The van der Waals surface area contributed by atoms with Gasteiger partial charge in [0.05, 0.1) is 12.5 Å². The number of cyclic esters (lactones) is 1. The van der Waals surface area contributed by atoms with Crippen molar-refractivity contribution in [2.75, 3.05) is 6.61 Å². The van der Waals surface area contributed by atoms with Crippen LogP contribution in [0.5, 0.6) is 5.75 Å². The maximum Gasteiger partial charge on any atom is 0.348 e. The molecule has 1 aliphatic heterocycles. The van der Waals surface area contributed by atoms with Gasteiger partial charge >= 0.3 is 5.97 Å². The number of carbonyl (C=O) groups excluding carboxylic acids is 1. The van der Waals surface area contributed by atoms with Gasteiger partial charge in [0.15, 0.2) is 0 Å². The normalized spacial score (nSPS) is 24.6. The topological polar surface area (TPSA) is 55.8 Å². The van der Waals surface area contributed by atoms with Crippen LogP contribution in [0.15, 0.2) is 60.7 Å². The molecule has 0 saturated carbocycles. The number of benzene rings is 2. The smallest absolute Gasteiger partial charge is 0.348 e. The van der Waals surface area contributed by atoms with E-state index in [1.165, 1.54) is 0 Å². The Morgan fingerprint density at radius 1 is 1.00 bits per heavy atom. The Morgan fingerprint density at radius 3 is 2.24 bits per heavy atom. The fourth-order valence-electron chi connectivity index (χ4n) is 2.61. The highest BCUT2D eigenvalue weighted by Gasteiger charge is 2.47. The second-order valence-corrected chi connectivity index (χ2v) is 4.95. The average molecular weight is 284 g/mol. The molecule has 3 unspecified atom stereocenters. The van der Waals surface area contributed by atoms with Crippen molar-refractivity contribution in [3.8, 4) is 5.75 Å². The molecule has 0 aliphatic carbocycles. The number of aliphatic hydroxyl groups excluding tert-OH is 1. The van der Waals surface area contributed by atoms with E-state index in [0.29, 0.717) is 5.75 Å². The van der Waals surface area contributed by atoms with E-state index in [1.807, 2.05) is 48.5 Å². The third-order valence-electron chi connectivity index (χ3n) is 3.60. The molecule has 4 nitrogen and oxygen atoms in total. The van der Waals surface area contributed by atoms with Crippen molar-refractivity contribution in [2.45, 2.75) is 18.1 Å². The Bertz CT molecular complexity index is 597. The number of para-hydroxylation sites is 1. The lowest BCUT2D eigenvalue weighted by atomic mass is 9.90. The first-order valence-corrected chi connectivity index (χ1v) is 6.87. The maximum atomic E-state index is 12.1. The Hall–Kier alpha value is -2.33. The average Bonchev–Trinajstić information content (AvgIpc) is 2.85. The lowest BCUT2D eigenvalue weighted by molar-refractivity contribution is -0.147. The molecule has 0 aromatic heterocycles. The molecule has 0 radical (unpaired) electrons. The number of esters is 1. The molecule has 3 atom stereocenters. The SMILES string of the molecule is O=C1OC(CO)C(c2ccccc2)C1Oc1ccccc1. The van der Waals surface area contributed by atoms with Crippen molar-refractivity contribution >= 4 is 5.97 Å². The zero-order valence-electron chi connectivity index (χ0n) is 11.4. The summed E-state index contributed by atoms with van der Waals surface area (Å²) >= 11 is 0. The van der Waals surface area contributed by atoms with Gasteiger partial charge in [0.2, 0.25) is 6.10 Å². The van der Waals surface area contributed by atoms with Crippen molar-refractivity contribution in [1.29, 1.82) is 0 Å². The molecule has 21 heavy (non-hydrogen) atoms. The van der Waals surface area contributed by atoms with Crippen LogP contribution < -0.4 is 4.74 Å². The number of hydrogen-bond acceptors (Lipinski definition) is 4. The Balaban J connectivity index is 1.90. The van der Waals surface area contributed by atoms with Crippen LogP contribution in [-0.4, -0.2) is 29.9 Å². The van der Waals surface area contributed by atoms with Gasteiger partial charge in [-0.3, -0.25) is 0 Å². The quantitative estimate of drug-likeness (QED) is 0.874. The molecule has 0 spiro atoms. The van der Waals surface area contributed by atoms with Crippen molar-refractivity contribution in [2.24, 2.45) is 0 Å². The van der Waals surface area contributed by atoms with Gasteiger partial charge in [0, 0.05) is 0 Å². The van der Waals surface area contributed by atoms with Crippen LogP contribution in [0.3, 0.4) is 0 Å². The van der Waals surface area contributed by atoms with Gasteiger partial charge in [0.1, 0.15) is 11.9 Å². The summed E-state index contributed by atoms with van der Waals surface area (Å²) in [6.07, 6.45) is -1.32. The maximum absolute atomic E-state index is 12.1. The fourth-order valence-corrected chi connectivity index (χ4v) is 2.61. The highest BCUT2D eigenvalue weighted by Crippen LogP contribution is 2.35. The third kappa shape index (κ3) is 2.76. The zero-order chi connectivity index (χ0) is 14.7. The minimum Gasteiger partial charge on any atom is -0.478 e. The highest BCUT2D eigenvalue weighted by molar-refractivity contribution is 5.79.